The van der Waals surface area contributed by atoms with Gasteiger partial charge in [0.25, 0.3) is 0 Å². The van der Waals surface area contributed by atoms with Gasteiger partial charge in [-0.2, -0.15) is 0 Å². The highest BCUT2D eigenvalue weighted by Crippen LogP contribution is 2.25. The summed E-state index contributed by atoms with van der Waals surface area (Å²) < 4.78 is 0. The second-order valence-corrected chi connectivity index (χ2v) is 2.60. The largest absolute Gasteiger partial charge is 0.478 e. The quantitative estimate of drug-likeness (QED) is 0.625. The Kier molecular flexibility index (Phi) is 2.48. The molecule has 0 fully saturated rings. The van der Waals surface area contributed by atoms with Crippen molar-refractivity contribution in [1.82, 2.24) is 0 Å². The molecule has 3 nitrogen and oxygen atoms in total. The molecule has 62 valence electrons. The molecule has 1 aliphatic carbocycles. The van der Waals surface area contributed by atoms with Crippen molar-refractivity contribution in [2.24, 2.45) is 0 Å². The van der Waals surface area contributed by atoms with Crippen molar-refractivity contribution in [2.75, 3.05) is 0 Å². The molecule has 0 heterocycles. The summed E-state index contributed by atoms with van der Waals surface area (Å²) in [6, 6.07) is 0. The maximum absolute atomic E-state index is 10.5. The van der Waals surface area contributed by atoms with Crippen LogP contribution in [0.4, 0.5) is 0 Å². The van der Waals surface area contributed by atoms with Crippen LogP contribution in [-0.2, 0) is 9.59 Å². The maximum Gasteiger partial charge on any atom is 0.337 e. The van der Waals surface area contributed by atoms with E-state index >= 15 is 0 Å². The normalized spacial score (nSPS) is 16.2. The van der Waals surface area contributed by atoms with Crippen LogP contribution in [0.15, 0.2) is 28.3 Å². The molecule has 12 heavy (non-hydrogen) atoms. The molecule has 0 amide bonds. The molecule has 1 aliphatic rings. The predicted octanol–water partition coefficient (Wildman–Crippen LogP) is 1.28. The standard InChI is InChI=1S/C8H5ClO3/c9-7-5(4-10)2-1-3-6(7)8(11)12/h1,3H,2H2,(H,11,12). The molecule has 0 saturated carbocycles. The van der Waals surface area contributed by atoms with Crippen LogP contribution in [0.25, 0.3) is 0 Å². The SMILES string of the molecule is O=C=C1CC=CC(C(=O)O)=C1Cl. The smallest absolute Gasteiger partial charge is 0.337 e. The van der Waals surface area contributed by atoms with Crippen LogP contribution < -0.4 is 0 Å². The van der Waals surface area contributed by atoms with Crippen molar-refractivity contribution < 1.29 is 14.7 Å². The number of hydrogen-bond acceptors (Lipinski definition) is 2. The number of halogens is 1. The Balaban J connectivity index is 3.20. The number of allylic oxidation sites excluding steroid dienone is 3. The highest BCUT2D eigenvalue weighted by atomic mass is 35.5. The van der Waals surface area contributed by atoms with Gasteiger partial charge in [-0.25, -0.2) is 9.59 Å². The zero-order chi connectivity index (χ0) is 9.14. The fourth-order valence-electron chi connectivity index (χ4n) is 0.872. The minimum atomic E-state index is -1.14. The Morgan fingerprint density at radius 3 is 2.83 bits per heavy atom. The zero-order valence-electron chi connectivity index (χ0n) is 6.00. The van der Waals surface area contributed by atoms with Gasteiger partial charge in [0.15, 0.2) is 0 Å². The van der Waals surface area contributed by atoms with E-state index in [4.69, 9.17) is 16.7 Å². The molecule has 0 unspecified atom stereocenters. The van der Waals surface area contributed by atoms with E-state index in [-0.39, 0.29) is 16.2 Å². The fraction of sp³-hybridized carbons (Fsp3) is 0.125. The molecule has 1 N–H and O–H groups in total. The summed E-state index contributed by atoms with van der Waals surface area (Å²) in [6.45, 7) is 0. The number of carbonyl (C=O) groups excluding carboxylic acids is 1. The molecular formula is C8H5ClO3. The van der Waals surface area contributed by atoms with Crippen LogP contribution in [0.3, 0.4) is 0 Å². The van der Waals surface area contributed by atoms with Crippen molar-refractivity contribution in [2.45, 2.75) is 6.42 Å². The van der Waals surface area contributed by atoms with E-state index in [1.54, 1.807) is 12.0 Å². The van der Waals surface area contributed by atoms with Gasteiger partial charge < -0.3 is 5.11 Å². The van der Waals surface area contributed by atoms with Gasteiger partial charge >= 0.3 is 5.97 Å². The molecule has 0 aliphatic heterocycles. The lowest BCUT2D eigenvalue weighted by molar-refractivity contribution is -0.132. The topological polar surface area (TPSA) is 54.4 Å². The Morgan fingerprint density at radius 1 is 1.67 bits per heavy atom. The van der Waals surface area contributed by atoms with Crippen molar-refractivity contribution in [1.29, 1.82) is 0 Å². The average Bonchev–Trinajstić information content (AvgIpc) is 2.04. The third-order valence-electron chi connectivity index (χ3n) is 1.46. The van der Waals surface area contributed by atoms with Crippen molar-refractivity contribution >= 4 is 23.5 Å². The molecule has 0 spiro atoms. The van der Waals surface area contributed by atoms with E-state index in [0.717, 1.165) is 0 Å². The first-order valence-corrected chi connectivity index (χ1v) is 3.58. The summed E-state index contributed by atoms with van der Waals surface area (Å²) in [4.78, 5) is 20.7. The highest BCUT2D eigenvalue weighted by molar-refractivity contribution is 6.35. The summed E-state index contributed by atoms with van der Waals surface area (Å²) in [7, 11) is 0. The first-order valence-electron chi connectivity index (χ1n) is 3.20. The van der Waals surface area contributed by atoms with Gasteiger partial charge in [-0.3, -0.25) is 0 Å². The lowest BCUT2D eigenvalue weighted by atomic mass is 10.0. The van der Waals surface area contributed by atoms with E-state index < -0.39 is 5.97 Å². The van der Waals surface area contributed by atoms with E-state index in [2.05, 4.69) is 0 Å². The first-order chi connectivity index (χ1) is 5.66. The minimum absolute atomic E-state index is 0.0139. The zero-order valence-corrected chi connectivity index (χ0v) is 6.76. The van der Waals surface area contributed by atoms with E-state index in [1.165, 1.54) is 6.08 Å². The summed E-state index contributed by atoms with van der Waals surface area (Å²) in [5, 5.41) is 8.57. The number of carboxylic acids is 1. The number of aliphatic carboxylic acids is 1. The monoisotopic (exact) mass is 184 g/mol. The first kappa shape index (κ1) is 8.78. The van der Waals surface area contributed by atoms with Gasteiger partial charge in [0.05, 0.1) is 16.2 Å². The van der Waals surface area contributed by atoms with Crippen molar-refractivity contribution in [3.05, 3.63) is 28.3 Å². The molecule has 4 heteroatoms. The van der Waals surface area contributed by atoms with Gasteiger partial charge in [-0.05, 0) is 6.08 Å². The second-order valence-electron chi connectivity index (χ2n) is 2.22. The number of carboxylic acid groups (broad SMARTS) is 1. The molecule has 0 radical (unpaired) electrons. The minimum Gasteiger partial charge on any atom is -0.478 e. The molecule has 0 saturated heterocycles. The average molecular weight is 185 g/mol. The van der Waals surface area contributed by atoms with Gasteiger partial charge in [0, 0.05) is 6.42 Å². The predicted molar refractivity (Wildman–Crippen MR) is 43.5 cm³/mol. The Morgan fingerprint density at radius 2 is 2.33 bits per heavy atom. The lowest BCUT2D eigenvalue weighted by Crippen LogP contribution is -2.04. The third kappa shape index (κ3) is 1.47. The summed E-state index contributed by atoms with van der Waals surface area (Å²) in [5.74, 6) is 0.465. The molecular weight excluding hydrogens is 180 g/mol. The van der Waals surface area contributed by atoms with Gasteiger partial charge in [0.2, 0.25) is 0 Å². The summed E-state index contributed by atoms with van der Waals surface area (Å²) >= 11 is 5.59. The maximum atomic E-state index is 10.5. The van der Waals surface area contributed by atoms with Crippen LogP contribution in [0.1, 0.15) is 6.42 Å². The molecule has 0 aromatic heterocycles. The summed E-state index contributed by atoms with van der Waals surface area (Å²) in [5.41, 5.74) is 0.137. The molecule has 0 atom stereocenters. The second kappa shape index (κ2) is 3.39. The van der Waals surface area contributed by atoms with Crippen molar-refractivity contribution in [3.8, 4) is 0 Å². The van der Waals surface area contributed by atoms with Gasteiger partial charge in [0.1, 0.15) is 5.94 Å². The van der Waals surface area contributed by atoms with E-state index in [9.17, 15) is 9.59 Å². The Labute approximate surface area is 73.6 Å². The van der Waals surface area contributed by atoms with Crippen LogP contribution >= 0.6 is 11.6 Å². The third-order valence-corrected chi connectivity index (χ3v) is 1.89. The molecule has 0 bridgehead atoms. The molecule has 0 aromatic carbocycles. The Hall–Kier alpha value is -1.31. The summed E-state index contributed by atoms with van der Waals surface area (Å²) in [6.07, 6.45) is 3.29. The van der Waals surface area contributed by atoms with Crippen LogP contribution in [0.5, 0.6) is 0 Å². The van der Waals surface area contributed by atoms with E-state index in [0.29, 0.717) is 6.42 Å². The number of rotatable bonds is 1. The fourth-order valence-corrected chi connectivity index (χ4v) is 1.13. The molecule has 0 aromatic rings. The van der Waals surface area contributed by atoms with Gasteiger partial charge in [-0.1, -0.05) is 17.7 Å². The number of hydrogen-bond donors (Lipinski definition) is 1. The van der Waals surface area contributed by atoms with Gasteiger partial charge in [-0.15, -0.1) is 0 Å². The van der Waals surface area contributed by atoms with Crippen molar-refractivity contribution in [3.63, 3.8) is 0 Å². The van der Waals surface area contributed by atoms with Crippen LogP contribution in [0, 0.1) is 0 Å². The Bertz CT molecular complexity index is 332. The molecule has 1 rings (SSSR count). The highest BCUT2D eigenvalue weighted by Gasteiger charge is 2.17. The van der Waals surface area contributed by atoms with Crippen LogP contribution in [-0.4, -0.2) is 17.0 Å². The van der Waals surface area contributed by atoms with E-state index in [1.807, 2.05) is 0 Å². The lowest BCUT2D eigenvalue weighted by Gasteiger charge is -2.06. The van der Waals surface area contributed by atoms with Crippen LogP contribution in [0.2, 0.25) is 0 Å². The number of carbonyl (C=O) groups is 1.